The maximum Gasteiger partial charge on any atom is 0.253 e. The molecule has 21 heavy (non-hydrogen) atoms. The first-order chi connectivity index (χ1) is 9.99. The first-order valence-electron chi connectivity index (χ1n) is 6.97. The topological polar surface area (TPSA) is 40.5 Å². The summed E-state index contributed by atoms with van der Waals surface area (Å²) in [5, 5.41) is 8.76. The Hall–Kier alpha value is -1.44. The Morgan fingerprint density at radius 1 is 1.43 bits per heavy atom. The molecule has 0 saturated carbocycles. The highest BCUT2D eigenvalue weighted by Gasteiger charge is 2.17. The van der Waals surface area contributed by atoms with Gasteiger partial charge in [-0.1, -0.05) is 11.8 Å². The van der Waals surface area contributed by atoms with Gasteiger partial charge in [0, 0.05) is 36.4 Å². The van der Waals surface area contributed by atoms with E-state index in [4.69, 9.17) is 5.11 Å². The molecule has 1 amide bonds. The fraction of sp³-hybridized carbons (Fsp3) is 0.471. The average molecular weight is 305 g/mol. The third-order valence-corrected chi connectivity index (χ3v) is 4.00. The van der Waals surface area contributed by atoms with Gasteiger partial charge < -0.3 is 10.0 Å². The van der Waals surface area contributed by atoms with E-state index in [0.29, 0.717) is 12.0 Å². The first kappa shape index (κ1) is 17.6. The first-order valence-corrected chi connectivity index (χ1v) is 8.36. The molecule has 0 fully saturated rings. The molecule has 0 radical (unpaired) electrons. The van der Waals surface area contributed by atoms with E-state index in [1.54, 1.807) is 16.7 Å². The molecule has 1 aromatic carbocycles. The van der Waals surface area contributed by atoms with Crippen LogP contribution in [-0.2, 0) is 0 Å². The number of carbonyl (C=O) groups is 1. The van der Waals surface area contributed by atoms with Crippen LogP contribution in [0, 0.1) is 18.8 Å². The molecule has 1 rings (SSSR count). The zero-order valence-electron chi connectivity index (χ0n) is 13.1. The largest absolute Gasteiger partial charge is 0.395 e. The SMILES string of the molecule is CSCC(C)N(C)C(=O)c1cc(C)cc(C#CCCO)c1. The van der Waals surface area contributed by atoms with Crippen LogP contribution in [0.25, 0.3) is 0 Å². The van der Waals surface area contributed by atoms with E-state index >= 15 is 0 Å². The predicted molar refractivity (Wildman–Crippen MR) is 89.7 cm³/mol. The molecule has 0 aliphatic heterocycles. The van der Waals surface area contributed by atoms with Gasteiger partial charge in [0.05, 0.1) is 6.61 Å². The fourth-order valence-corrected chi connectivity index (χ4v) is 2.66. The van der Waals surface area contributed by atoms with Gasteiger partial charge in [-0.25, -0.2) is 0 Å². The molecular formula is C17H23NO2S. The minimum Gasteiger partial charge on any atom is -0.395 e. The second kappa shape index (κ2) is 8.76. The van der Waals surface area contributed by atoms with Gasteiger partial charge in [-0.15, -0.1) is 0 Å². The van der Waals surface area contributed by atoms with Crippen LogP contribution in [0.15, 0.2) is 18.2 Å². The second-order valence-corrected chi connectivity index (χ2v) is 5.99. The van der Waals surface area contributed by atoms with Crippen LogP contribution < -0.4 is 0 Å². The number of aliphatic hydroxyl groups excluding tert-OH is 1. The number of hydrogen-bond donors (Lipinski definition) is 1. The van der Waals surface area contributed by atoms with Gasteiger partial charge in [-0.2, -0.15) is 11.8 Å². The zero-order valence-corrected chi connectivity index (χ0v) is 14.0. The summed E-state index contributed by atoms with van der Waals surface area (Å²) < 4.78 is 0. The van der Waals surface area contributed by atoms with E-state index in [-0.39, 0.29) is 18.6 Å². The van der Waals surface area contributed by atoms with E-state index in [1.807, 2.05) is 45.4 Å². The Kier molecular flexibility index (Phi) is 7.35. The third-order valence-electron chi connectivity index (χ3n) is 3.18. The Labute approximate surface area is 131 Å². The number of rotatable bonds is 5. The summed E-state index contributed by atoms with van der Waals surface area (Å²) in [6, 6.07) is 5.85. The Morgan fingerprint density at radius 2 is 2.14 bits per heavy atom. The van der Waals surface area contributed by atoms with Gasteiger partial charge >= 0.3 is 0 Å². The van der Waals surface area contributed by atoms with Crippen molar-refractivity contribution in [3.05, 3.63) is 34.9 Å². The molecule has 0 heterocycles. The summed E-state index contributed by atoms with van der Waals surface area (Å²) in [5.41, 5.74) is 2.50. The highest BCUT2D eigenvalue weighted by Crippen LogP contribution is 2.14. The minimum atomic E-state index is 0.0189. The average Bonchev–Trinajstić information content (AvgIpc) is 2.45. The maximum absolute atomic E-state index is 12.5. The Morgan fingerprint density at radius 3 is 2.76 bits per heavy atom. The molecule has 0 bridgehead atoms. The number of carbonyl (C=O) groups excluding carboxylic acids is 1. The minimum absolute atomic E-state index is 0.0189. The number of aryl methyl sites for hydroxylation is 1. The standard InChI is InChI=1S/C17H23NO2S/c1-13-9-15(7-5-6-8-19)11-16(10-13)17(20)18(3)14(2)12-21-4/h9-11,14,19H,6,8,12H2,1-4H3. The van der Waals surface area contributed by atoms with Gasteiger partial charge in [-0.05, 0) is 43.9 Å². The van der Waals surface area contributed by atoms with Crippen molar-refractivity contribution in [2.45, 2.75) is 26.3 Å². The Balaban J connectivity index is 2.97. The van der Waals surface area contributed by atoms with Crippen LogP contribution in [0.4, 0.5) is 0 Å². The summed E-state index contributed by atoms with van der Waals surface area (Å²) >= 11 is 1.73. The molecule has 0 aromatic heterocycles. The van der Waals surface area contributed by atoms with Crippen LogP contribution >= 0.6 is 11.8 Å². The number of hydrogen-bond acceptors (Lipinski definition) is 3. The lowest BCUT2D eigenvalue weighted by atomic mass is 10.1. The molecular weight excluding hydrogens is 282 g/mol. The quantitative estimate of drug-likeness (QED) is 0.850. The summed E-state index contributed by atoms with van der Waals surface area (Å²) in [4.78, 5) is 14.3. The molecule has 114 valence electrons. The summed E-state index contributed by atoms with van der Waals surface area (Å²) in [6.45, 7) is 4.06. The second-order valence-electron chi connectivity index (χ2n) is 5.08. The zero-order chi connectivity index (χ0) is 15.8. The normalized spacial score (nSPS) is 11.5. The van der Waals surface area contributed by atoms with Crippen LogP contribution in [-0.4, -0.2) is 47.6 Å². The number of thioether (sulfide) groups is 1. The number of amides is 1. The monoisotopic (exact) mass is 305 g/mol. The van der Waals surface area contributed by atoms with Crippen molar-refractivity contribution in [2.75, 3.05) is 25.7 Å². The third kappa shape index (κ3) is 5.45. The van der Waals surface area contributed by atoms with Crippen LogP contribution in [0.5, 0.6) is 0 Å². The molecule has 3 nitrogen and oxygen atoms in total. The maximum atomic E-state index is 12.5. The van der Waals surface area contributed by atoms with E-state index in [9.17, 15) is 4.79 Å². The lowest BCUT2D eigenvalue weighted by molar-refractivity contribution is 0.0757. The molecule has 4 heteroatoms. The number of benzene rings is 1. The molecule has 0 aliphatic carbocycles. The summed E-state index contributed by atoms with van der Waals surface area (Å²) in [7, 11) is 1.84. The molecule has 0 aliphatic rings. The number of aliphatic hydroxyl groups is 1. The molecule has 1 atom stereocenters. The molecule has 0 saturated heterocycles. The lowest BCUT2D eigenvalue weighted by Gasteiger charge is -2.24. The molecule has 1 aromatic rings. The van der Waals surface area contributed by atoms with Crippen LogP contribution in [0.2, 0.25) is 0 Å². The molecule has 0 spiro atoms. The predicted octanol–water partition coefficient (Wildman–Crippen LogP) is 2.55. The lowest BCUT2D eigenvalue weighted by Crippen LogP contribution is -2.36. The van der Waals surface area contributed by atoms with Crippen molar-refractivity contribution in [2.24, 2.45) is 0 Å². The number of nitrogens with zero attached hydrogens (tertiary/aromatic N) is 1. The van der Waals surface area contributed by atoms with Crippen molar-refractivity contribution in [1.29, 1.82) is 0 Å². The fourth-order valence-electron chi connectivity index (χ4n) is 1.96. The summed E-state index contributed by atoms with van der Waals surface area (Å²) in [5.74, 6) is 6.81. The van der Waals surface area contributed by atoms with Gasteiger partial charge in [0.1, 0.15) is 0 Å². The summed E-state index contributed by atoms with van der Waals surface area (Å²) in [6.07, 6.45) is 2.48. The Bertz CT molecular complexity index is 545. The van der Waals surface area contributed by atoms with E-state index in [0.717, 1.165) is 16.9 Å². The van der Waals surface area contributed by atoms with Crippen molar-refractivity contribution in [3.8, 4) is 11.8 Å². The van der Waals surface area contributed by atoms with Crippen molar-refractivity contribution in [3.63, 3.8) is 0 Å². The molecule has 1 N–H and O–H groups in total. The smallest absolute Gasteiger partial charge is 0.253 e. The van der Waals surface area contributed by atoms with Crippen LogP contribution in [0.1, 0.15) is 34.8 Å². The van der Waals surface area contributed by atoms with Gasteiger partial charge in [0.2, 0.25) is 0 Å². The van der Waals surface area contributed by atoms with Crippen molar-refractivity contribution >= 4 is 17.7 Å². The highest BCUT2D eigenvalue weighted by atomic mass is 32.2. The van der Waals surface area contributed by atoms with Gasteiger partial charge in [0.15, 0.2) is 0 Å². The van der Waals surface area contributed by atoms with Crippen molar-refractivity contribution < 1.29 is 9.90 Å². The van der Waals surface area contributed by atoms with E-state index < -0.39 is 0 Å². The van der Waals surface area contributed by atoms with Gasteiger partial charge in [-0.3, -0.25) is 4.79 Å². The van der Waals surface area contributed by atoms with Gasteiger partial charge in [0.25, 0.3) is 5.91 Å². The molecule has 1 unspecified atom stereocenters. The van der Waals surface area contributed by atoms with E-state index in [2.05, 4.69) is 11.8 Å². The van der Waals surface area contributed by atoms with Crippen molar-refractivity contribution in [1.82, 2.24) is 4.90 Å². The highest BCUT2D eigenvalue weighted by molar-refractivity contribution is 7.98. The van der Waals surface area contributed by atoms with E-state index in [1.165, 1.54) is 0 Å². The van der Waals surface area contributed by atoms with Crippen LogP contribution in [0.3, 0.4) is 0 Å².